The molecule has 1 atom stereocenters. The predicted molar refractivity (Wildman–Crippen MR) is 74.1 cm³/mol. The maximum Gasteiger partial charge on any atom is 0.253 e. The van der Waals surface area contributed by atoms with Gasteiger partial charge in [-0.2, -0.15) is 0 Å². The molecule has 3 rings (SSSR count). The van der Waals surface area contributed by atoms with E-state index in [1.54, 1.807) is 18.3 Å². The van der Waals surface area contributed by atoms with Crippen molar-refractivity contribution in [2.75, 3.05) is 0 Å². The zero-order valence-corrected chi connectivity index (χ0v) is 10.9. The van der Waals surface area contributed by atoms with Crippen molar-refractivity contribution in [3.8, 4) is 0 Å². The molecule has 2 aromatic heterocycles. The minimum absolute atomic E-state index is 0.201. The van der Waals surface area contributed by atoms with Gasteiger partial charge in [0.2, 0.25) is 5.89 Å². The highest BCUT2D eigenvalue weighted by atomic mass is 16.3. The van der Waals surface area contributed by atoms with E-state index >= 15 is 0 Å². The van der Waals surface area contributed by atoms with Gasteiger partial charge < -0.3 is 9.73 Å². The van der Waals surface area contributed by atoms with Crippen LogP contribution in [0.5, 0.6) is 0 Å². The van der Waals surface area contributed by atoms with E-state index in [0.29, 0.717) is 17.0 Å². The fourth-order valence-corrected chi connectivity index (χ4v) is 1.91. The Bertz CT molecular complexity index is 704. The summed E-state index contributed by atoms with van der Waals surface area (Å²) >= 11 is 0. The molecule has 0 aliphatic heterocycles. The molecule has 0 spiro atoms. The van der Waals surface area contributed by atoms with Gasteiger partial charge in [-0.15, -0.1) is 0 Å². The molecule has 3 aromatic rings. The van der Waals surface area contributed by atoms with Crippen LogP contribution in [0.2, 0.25) is 0 Å². The van der Waals surface area contributed by atoms with Gasteiger partial charge in [0, 0.05) is 12.4 Å². The second-order valence-electron chi connectivity index (χ2n) is 4.46. The van der Waals surface area contributed by atoms with Crippen LogP contribution in [0.4, 0.5) is 0 Å². The lowest BCUT2D eigenvalue weighted by Crippen LogP contribution is -2.26. The Morgan fingerprint density at radius 3 is 2.85 bits per heavy atom. The lowest BCUT2D eigenvalue weighted by molar-refractivity contribution is 0.0934. The van der Waals surface area contributed by atoms with Crippen molar-refractivity contribution in [3.63, 3.8) is 0 Å². The summed E-state index contributed by atoms with van der Waals surface area (Å²) in [7, 11) is 0. The SMILES string of the molecule is CC(NC(=O)c1cccnc1)c1nc2ccccc2o1. The van der Waals surface area contributed by atoms with Crippen LogP contribution in [-0.2, 0) is 0 Å². The van der Waals surface area contributed by atoms with Gasteiger partial charge in [0.15, 0.2) is 5.58 Å². The van der Waals surface area contributed by atoms with Crippen molar-refractivity contribution in [2.45, 2.75) is 13.0 Å². The van der Waals surface area contributed by atoms with Crippen molar-refractivity contribution in [2.24, 2.45) is 0 Å². The Morgan fingerprint density at radius 2 is 2.10 bits per heavy atom. The first-order valence-corrected chi connectivity index (χ1v) is 6.30. The molecule has 1 N–H and O–H groups in total. The summed E-state index contributed by atoms with van der Waals surface area (Å²) in [6, 6.07) is 10.6. The molecule has 0 bridgehead atoms. The van der Waals surface area contributed by atoms with Gasteiger partial charge in [0.25, 0.3) is 5.91 Å². The highest BCUT2D eigenvalue weighted by Gasteiger charge is 2.16. The minimum Gasteiger partial charge on any atom is -0.438 e. The van der Waals surface area contributed by atoms with E-state index in [2.05, 4.69) is 15.3 Å². The van der Waals surface area contributed by atoms with E-state index < -0.39 is 0 Å². The molecular formula is C15H13N3O2. The first-order valence-electron chi connectivity index (χ1n) is 6.30. The molecule has 1 aromatic carbocycles. The van der Waals surface area contributed by atoms with Gasteiger partial charge in [-0.1, -0.05) is 12.1 Å². The molecular weight excluding hydrogens is 254 g/mol. The van der Waals surface area contributed by atoms with E-state index in [4.69, 9.17) is 4.42 Å². The number of fused-ring (bicyclic) bond motifs is 1. The smallest absolute Gasteiger partial charge is 0.253 e. The number of nitrogens with one attached hydrogen (secondary N) is 1. The number of pyridine rings is 1. The molecule has 20 heavy (non-hydrogen) atoms. The monoisotopic (exact) mass is 267 g/mol. The standard InChI is InChI=1S/C15H13N3O2/c1-10(17-14(19)11-5-4-8-16-9-11)15-18-12-6-2-3-7-13(12)20-15/h2-10H,1H3,(H,17,19). The molecule has 2 heterocycles. The number of carbonyl (C=O) groups is 1. The molecule has 1 amide bonds. The van der Waals surface area contributed by atoms with E-state index in [1.807, 2.05) is 31.2 Å². The molecule has 0 fully saturated rings. The minimum atomic E-state index is -0.310. The van der Waals surface area contributed by atoms with Crippen molar-refractivity contribution in [1.82, 2.24) is 15.3 Å². The molecule has 5 nitrogen and oxygen atoms in total. The van der Waals surface area contributed by atoms with Crippen molar-refractivity contribution >= 4 is 17.0 Å². The fourth-order valence-electron chi connectivity index (χ4n) is 1.91. The molecule has 0 radical (unpaired) electrons. The van der Waals surface area contributed by atoms with E-state index in [-0.39, 0.29) is 11.9 Å². The number of benzene rings is 1. The summed E-state index contributed by atoms with van der Waals surface area (Å²) in [6.45, 7) is 1.83. The molecule has 0 aliphatic rings. The summed E-state index contributed by atoms with van der Waals surface area (Å²) in [5, 5.41) is 2.84. The normalized spacial score (nSPS) is 12.2. The van der Waals surface area contributed by atoms with Crippen LogP contribution in [0.1, 0.15) is 29.2 Å². The molecule has 5 heteroatoms. The van der Waals surface area contributed by atoms with Crippen LogP contribution in [-0.4, -0.2) is 15.9 Å². The van der Waals surface area contributed by atoms with Crippen LogP contribution in [0.15, 0.2) is 53.2 Å². The third kappa shape index (κ3) is 2.38. The number of nitrogens with zero attached hydrogens (tertiary/aromatic N) is 2. The predicted octanol–water partition coefficient (Wildman–Crippen LogP) is 2.71. The number of para-hydroxylation sites is 2. The number of carbonyl (C=O) groups excluding carboxylic acids is 1. The number of amides is 1. The van der Waals surface area contributed by atoms with Crippen LogP contribution in [0.3, 0.4) is 0 Å². The average molecular weight is 267 g/mol. The topological polar surface area (TPSA) is 68.0 Å². The second kappa shape index (κ2) is 5.13. The van der Waals surface area contributed by atoms with Gasteiger partial charge in [-0.3, -0.25) is 9.78 Å². The third-order valence-corrected chi connectivity index (χ3v) is 2.95. The van der Waals surface area contributed by atoms with Gasteiger partial charge in [-0.25, -0.2) is 4.98 Å². The first-order chi connectivity index (χ1) is 9.74. The number of oxazole rings is 1. The van der Waals surface area contributed by atoms with Crippen LogP contribution in [0.25, 0.3) is 11.1 Å². The molecule has 100 valence electrons. The van der Waals surface area contributed by atoms with E-state index in [1.165, 1.54) is 6.20 Å². The summed E-state index contributed by atoms with van der Waals surface area (Å²) < 4.78 is 5.63. The number of aromatic nitrogens is 2. The maximum atomic E-state index is 12.0. The zero-order valence-electron chi connectivity index (χ0n) is 10.9. The molecule has 1 unspecified atom stereocenters. The molecule has 0 saturated carbocycles. The van der Waals surface area contributed by atoms with Gasteiger partial charge in [0.05, 0.1) is 5.56 Å². The first kappa shape index (κ1) is 12.3. The molecule has 0 saturated heterocycles. The van der Waals surface area contributed by atoms with E-state index in [9.17, 15) is 4.79 Å². The number of rotatable bonds is 3. The lowest BCUT2D eigenvalue weighted by atomic mass is 10.2. The van der Waals surface area contributed by atoms with Gasteiger partial charge in [-0.05, 0) is 31.2 Å². The van der Waals surface area contributed by atoms with Crippen LogP contribution < -0.4 is 5.32 Å². The Hall–Kier alpha value is -2.69. The maximum absolute atomic E-state index is 12.0. The van der Waals surface area contributed by atoms with Gasteiger partial charge >= 0.3 is 0 Å². The molecule has 0 aliphatic carbocycles. The summed E-state index contributed by atoms with van der Waals surface area (Å²) in [5.41, 5.74) is 2.01. The van der Waals surface area contributed by atoms with Crippen molar-refractivity contribution in [1.29, 1.82) is 0 Å². The number of hydrogen-bond donors (Lipinski definition) is 1. The fraction of sp³-hybridized carbons (Fsp3) is 0.133. The average Bonchev–Trinajstić information content (AvgIpc) is 2.92. The summed E-state index contributed by atoms with van der Waals surface area (Å²) in [5.74, 6) is 0.288. The van der Waals surface area contributed by atoms with E-state index in [0.717, 1.165) is 5.52 Å². The third-order valence-electron chi connectivity index (χ3n) is 2.95. The summed E-state index contributed by atoms with van der Waals surface area (Å²) in [4.78, 5) is 20.3. The van der Waals surface area contributed by atoms with Crippen LogP contribution in [0, 0.1) is 0 Å². The quantitative estimate of drug-likeness (QED) is 0.792. The van der Waals surface area contributed by atoms with Crippen molar-refractivity contribution < 1.29 is 9.21 Å². The highest BCUT2D eigenvalue weighted by Crippen LogP contribution is 2.19. The Labute approximate surface area is 115 Å². The Kier molecular flexibility index (Phi) is 3.16. The Balaban J connectivity index is 1.79. The Morgan fingerprint density at radius 1 is 1.25 bits per heavy atom. The van der Waals surface area contributed by atoms with Crippen LogP contribution >= 0.6 is 0 Å². The second-order valence-corrected chi connectivity index (χ2v) is 4.46. The zero-order chi connectivity index (χ0) is 13.9. The van der Waals surface area contributed by atoms with Gasteiger partial charge in [0.1, 0.15) is 11.6 Å². The number of hydrogen-bond acceptors (Lipinski definition) is 4. The summed E-state index contributed by atoms with van der Waals surface area (Å²) in [6.07, 6.45) is 3.15. The van der Waals surface area contributed by atoms with Crippen molar-refractivity contribution in [3.05, 3.63) is 60.2 Å². The highest BCUT2D eigenvalue weighted by molar-refractivity contribution is 5.94. The lowest BCUT2D eigenvalue weighted by Gasteiger charge is -2.09. The largest absolute Gasteiger partial charge is 0.438 e.